The van der Waals surface area contributed by atoms with Crippen LogP contribution in [0.25, 0.3) is 11.1 Å². The SMILES string of the molecule is CC(C)(C)OC(=O)N1C2C=C(Cc3ccc(-c4ccccc4)cc3)CC1COC2. The Kier molecular flexibility index (Phi) is 5.46. The van der Waals surface area contributed by atoms with Crippen molar-refractivity contribution in [1.82, 2.24) is 4.90 Å². The maximum Gasteiger partial charge on any atom is 0.411 e. The van der Waals surface area contributed by atoms with E-state index in [0.29, 0.717) is 13.2 Å². The number of carbonyl (C=O) groups excluding carboxylic acids is 1. The molecule has 2 atom stereocenters. The van der Waals surface area contributed by atoms with Crippen LogP contribution in [-0.2, 0) is 15.9 Å². The van der Waals surface area contributed by atoms with Crippen LogP contribution >= 0.6 is 0 Å². The summed E-state index contributed by atoms with van der Waals surface area (Å²) in [6, 6.07) is 19.2. The van der Waals surface area contributed by atoms with Gasteiger partial charge in [-0.3, -0.25) is 4.90 Å². The highest BCUT2D eigenvalue weighted by Gasteiger charge is 2.39. The Morgan fingerprint density at radius 2 is 1.72 bits per heavy atom. The molecule has 2 heterocycles. The number of hydrogen-bond donors (Lipinski definition) is 0. The summed E-state index contributed by atoms with van der Waals surface area (Å²) >= 11 is 0. The molecule has 2 aromatic carbocycles. The van der Waals surface area contributed by atoms with Crippen LogP contribution in [0.4, 0.5) is 4.79 Å². The van der Waals surface area contributed by atoms with Gasteiger partial charge in [-0.1, -0.05) is 66.2 Å². The molecule has 0 aromatic heterocycles. The van der Waals surface area contributed by atoms with Crippen molar-refractivity contribution in [3.8, 4) is 11.1 Å². The van der Waals surface area contributed by atoms with Crippen LogP contribution in [0, 0.1) is 0 Å². The van der Waals surface area contributed by atoms with E-state index in [2.05, 4.69) is 54.6 Å². The minimum atomic E-state index is -0.489. The van der Waals surface area contributed by atoms with Crippen LogP contribution in [0.15, 0.2) is 66.2 Å². The molecule has 2 aliphatic rings. The first kappa shape index (κ1) is 19.7. The van der Waals surface area contributed by atoms with Gasteiger partial charge in [0.2, 0.25) is 0 Å². The molecule has 2 bridgehead atoms. The molecule has 1 amide bonds. The average molecular weight is 392 g/mol. The molecule has 1 fully saturated rings. The predicted octanol–water partition coefficient (Wildman–Crippen LogP) is 5.23. The average Bonchev–Trinajstić information content (AvgIpc) is 2.67. The lowest BCUT2D eigenvalue weighted by atomic mass is 9.90. The highest BCUT2D eigenvalue weighted by atomic mass is 16.6. The normalized spacial score (nSPS) is 21.5. The summed E-state index contributed by atoms with van der Waals surface area (Å²) in [5, 5.41) is 0. The number of rotatable bonds is 3. The monoisotopic (exact) mass is 391 g/mol. The molecule has 4 nitrogen and oxygen atoms in total. The zero-order valence-electron chi connectivity index (χ0n) is 17.4. The first-order valence-electron chi connectivity index (χ1n) is 10.3. The summed E-state index contributed by atoms with van der Waals surface area (Å²) in [6.45, 7) is 6.82. The molecular weight excluding hydrogens is 362 g/mol. The van der Waals surface area contributed by atoms with E-state index in [1.165, 1.54) is 22.3 Å². The van der Waals surface area contributed by atoms with Crippen molar-refractivity contribution in [1.29, 1.82) is 0 Å². The quantitative estimate of drug-likeness (QED) is 0.673. The number of hydrogen-bond acceptors (Lipinski definition) is 3. The van der Waals surface area contributed by atoms with Crippen molar-refractivity contribution in [3.05, 3.63) is 71.8 Å². The number of ether oxygens (including phenoxy) is 2. The van der Waals surface area contributed by atoms with Gasteiger partial charge in [0.15, 0.2) is 0 Å². The second-order valence-electron chi connectivity index (χ2n) is 8.92. The van der Waals surface area contributed by atoms with Crippen LogP contribution in [-0.4, -0.2) is 41.9 Å². The van der Waals surface area contributed by atoms with Gasteiger partial charge in [0.05, 0.1) is 25.3 Å². The molecule has 2 aromatic rings. The van der Waals surface area contributed by atoms with Gasteiger partial charge >= 0.3 is 6.09 Å². The fraction of sp³-hybridized carbons (Fsp3) is 0.400. The summed E-state index contributed by atoms with van der Waals surface area (Å²) < 4.78 is 11.3. The van der Waals surface area contributed by atoms with Gasteiger partial charge in [-0.05, 0) is 50.3 Å². The summed E-state index contributed by atoms with van der Waals surface area (Å²) in [5.74, 6) is 0. The van der Waals surface area contributed by atoms with Crippen LogP contribution in [0.3, 0.4) is 0 Å². The molecule has 0 N–H and O–H groups in total. The molecular formula is C25H29NO3. The third-order valence-electron chi connectivity index (χ3n) is 5.37. The minimum absolute atomic E-state index is 0.0454. The number of amides is 1. The molecule has 2 unspecified atom stereocenters. The lowest BCUT2D eigenvalue weighted by molar-refractivity contribution is -0.0536. The van der Waals surface area contributed by atoms with E-state index in [-0.39, 0.29) is 18.2 Å². The lowest BCUT2D eigenvalue weighted by Gasteiger charge is -2.44. The zero-order chi connectivity index (χ0) is 20.4. The summed E-state index contributed by atoms with van der Waals surface area (Å²) in [6.07, 6.45) is 3.70. The smallest absolute Gasteiger partial charge is 0.411 e. The Morgan fingerprint density at radius 3 is 2.38 bits per heavy atom. The Balaban J connectivity index is 1.47. The second-order valence-corrected chi connectivity index (χ2v) is 8.92. The van der Waals surface area contributed by atoms with E-state index in [0.717, 1.165) is 12.8 Å². The van der Waals surface area contributed by atoms with E-state index in [9.17, 15) is 4.79 Å². The second kappa shape index (κ2) is 8.03. The third-order valence-corrected chi connectivity index (χ3v) is 5.37. The van der Waals surface area contributed by atoms with Gasteiger partial charge in [-0.15, -0.1) is 0 Å². The molecule has 0 saturated carbocycles. The Hall–Kier alpha value is -2.59. The van der Waals surface area contributed by atoms with Crippen molar-refractivity contribution >= 4 is 6.09 Å². The minimum Gasteiger partial charge on any atom is -0.444 e. The number of morpholine rings is 1. The third kappa shape index (κ3) is 4.70. The molecule has 152 valence electrons. The number of benzene rings is 2. The lowest BCUT2D eigenvalue weighted by Crippen LogP contribution is -2.57. The van der Waals surface area contributed by atoms with Gasteiger partial charge in [0, 0.05) is 0 Å². The van der Waals surface area contributed by atoms with Crippen molar-refractivity contribution in [2.45, 2.75) is 51.3 Å². The Labute approximate surface area is 173 Å². The van der Waals surface area contributed by atoms with E-state index in [4.69, 9.17) is 9.47 Å². The molecule has 2 aliphatic heterocycles. The molecule has 29 heavy (non-hydrogen) atoms. The maximum absolute atomic E-state index is 12.7. The van der Waals surface area contributed by atoms with E-state index in [1.807, 2.05) is 31.7 Å². The van der Waals surface area contributed by atoms with Crippen LogP contribution in [0.5, 0.6) is 0 Å². The van der Waals surface area contributed by atoms with Gasteiger partial charge < -0.3 is 9.47 Å². The van der Waals surface area contributed by atoms with Gasteiger partial charge in [-0.2, -0.15) is 0 Å². The Bertz CT molecular complexity index is 881. The van der Waals surface area contributed by atoms with E-state index < -0.39 is 5.60 Å². The highest BCUT2D eigenvalue weighted by molar-refractivity contribution is 5.70. The number of carbonyl (C=O) groups is 1. The van der Waals surface area contributed by atoms with Crippen molar-refractivity contribution in [3.63, 3.8) is 0 Å². The summed E-state index contributed by atoms with van der Waals surface area (Å²) in [5.41, 5.74) is 4.64. The molecule has 0 aliphatic carbocycles. The van der Waals surface area contributed by atoms with Crippen molar-refractivity contribution in [2.24, 2.45) is 0 Å². The first-order valence-corrected chi connectivity index (χ1v) is 10.3. The van der Waals surface area contributed by atoms with Gasteiger partial charge in [0.25, 0.3) is 0 Å². The fourth-order valence-electron chi connectivity index (χ4n) is 4.12. The zero-order valence-corrected chi connectivity index (χ0v) is 17.4. The topological polar surface area (TPSA) is 38.8 Å². The molecule has 1 saturated heterocycles. The molecule has 0 spiro atoms. The van der Waals surface area contributed by atoms with Gasteiger partial charge in [-0.25, -0.2) is 4.79 Å². The highest BCUT2D eigenvalue weighted by Crippen LogP contribution is 2.31. The van der Waals surface area contributed by atoms with Crippen LogP contribution in [0.2, 0.25) is 0 Å². The standard InChI is InChI=1S/C25H29NO3/c1-25(2,3)29-24(27)26-22-14-19(15-23(26)17-28-16-22)13-18-9-11-21(12-10-18)20-7-5-4-6-8-20/h4-12,14,22-23H,13,15-17H2,1-3H3. The largest absolute Gasteiger partial charge is 0.444 e. The molecule has 0 radical (unpaired) electrons. The van der Waals surface area contributed by atoms with E-state index in [1.54, 1.807) is 0 Å². The molecule has 4 rings (SSSR count). The Morgan fingerprint density at radius 1 is 1.03 bits per heavy atom. The summed E-state index contributed by atoms with van der Waals surface area (Å²) in [7, 11) is 0. The molecule has 4 heteroatoms. The maximum atomic E-state index is 12.7. The first-order chi connectivity index (χ1) is 13.9. The predicted molar refractivity (Wildman–Crippen MR) is 115 cm³/mol. The van der Waals surface area contributed by atoms with Crippen LogP contribution < -0.4 is 0 Å². The van der Waals surface area contributed by atoms with Crippen molar-refractivity contribution < 1.29 is 14.3 Å². The van der Waals surface area contributed by atoms with Gasteiger partial charge in [0.1, 0.15) is 5.60 Å². The van der Waals surface area contributed by atoms with Crippen molar-refractivity contribution in [2.75, 3.05) is 13.2 Å². The summed E-state index contributed by atoms with van der Waals surface area (Å²) in [4.78, 5) is 14.6. The van der Waals surface area contributed by atoms with Crippen LogP contribution in [0.1, 0.15) is 32.8 Å². The van der Waals surface area contributed by atoms with E-state index >= 15 is 0 Å². The number of nitrogens with zero attached hydrogens (tertiary/aromatic N) is 1. The fourth-order valence-corrected chi connectivity index (χ4v) is 4.12. The number of fused-ring (bicyclic) bond motifs is 2.